The molecule has 0 unspecified atom stereocenters. The van der Waals surface area contributed by atoms with E-state index in [4.69, 9.17) is 0 Å². The van der Waals surface area contributed by atoms with Gasteiger partial charge in [0.2, 0.25) is 0 Å². The molecule has 0 aromatic heterocycles. The molecule has 0 heterocycles. The van der Waals surface area contributed by atoms with Crippen molar-refractivity contribution in [3.8, 4) is 0 Å². The molecule has 1 N–H and O–H groups in total. The van der Waals surface area contributed by atoms with E-state index < -0.39 is 0 Å². The molecule has 102 valence electrons. The van der Waals surface area contributed by atoms with Gasteiger partial charge in [0.1, 0.15) is 5.76 Å². The zero-order chi connectivity index (χ0) is 14.1. The highest BCUT2D eigenvalue weighted by molar-refractivity contribution is 6.26. The number of allylic oxidation sites excluding steroid dienone is 4. The number of carbonyl (C=O) groups is 1. The van der Waals surface area contributed by atoms with Crippen LogP contribution in [0.3, 0.4) is 0 Å². The van der Waals surface area contributed by atoms with Crippen LogP contribution in [-0.4, -0.2) is 10.9 Å². The number of aliphatic hydroxyl groups is 1. The maximum Gasteiger partial charge on any atom is 0.193 e. The SMILES string of the molecule is CCCCCC1=C(O)C=C2C(=Cc3ccccc32)C1=O. The lowest BCUT2D eigenvalue weighted by Gasteiger charge is -2.16. The van der Waals surface area contributed by atoms with E-state index in [1.165, 1.54) is 0 Å². The highest BCUT2D eigenvalue weighted by Gasteiger charge is 2.30. The fourth-order valence-electron chi connectivity index (χ4n) is 2.89. The minimum Gasteiger partial charge on any atom is -0.508 e. The molecule has 0 saturated heterocycles. The van der Waals surface area contributed by atoms with Crippen LogP contribution in [0, 0.1) is 0 Å². The maximum atomic E-state index is 12.6. The predicted molar refractivity (Wildman–Crippen MR) is 81.2 cm³/mol. The van der Waals surface area contributed by atoms with Crippen molar-refractivity contribution in [2.24, 2.45) is 0 Å². The molecule has 0 atom stereocenters. The van der Waals surface area contributed by atoms with Crippen LogP contribution in [0.2, 0.25) is 0 Å². The standard InChI is InChI=1S/C18H18O2/c1-2-3-4-9-14-17(19)11-15-13-8-6-5-7-12(13)10-16(15)18(14)20/h5-8,10-11,19H,2-4,9H2,1H3. The van der Waals surface area contributed by atoms with E-state index in [1.54, 1.807) is 6.08 Å². The van der Waals surface area contributed by atoms with Crippen molar-refractivity contribution in [1.82, 2.24) is 0 Å². The Bertz CT molecular complexity index is 660. The van der Waals surface area contributed by atoms with Crippen molar-refractivity contribution in [3.05, 3.63) is 58.4 Å². The molecule has 0 saturated carbocycles. The summed E-state index contributed by atoms with van der Waals surface area (Å²) >= 11 is 0. The molecule has 1 aromatic carbocycles. The lowest BCUT2D eigenvalue weighted by atomic mass is 9.88. The molecule has 0 amide bonds. The van der Waals surface area contributed by atoms with Gasteiger partial charge in [-0.3, -0.25) is 4.79 Å². The van der Waals surface area contributed by atoms with Crippen LogP contribution >= 0.6 is 0 Å². The zero-order valence-electron chi connectivity index (χ0n) is 11.6. The molecule has 2 aliphatic carbocycles. The van der Waals surface area contributed by atoms with E-state index >= 15 is 0 Å². The Morgan fingerprint density at radius 3 is 2.65 bits per heavy atom. The highest BCUT2D eigenvalue weighted by Crippen LogP contribution is 2.41. The highest BCUT2D eigenvalue weighted by atomic mass is 16.3. The summed E-state index contributed by atoms with van der Waals surface area (Å²) in [6, 6.07) is 7.92. The number of fused-ring (bicyclic) bond motifs is 3. The van der Waals surface area contributed by atoms with Crippen LogP contribution < -0.4 is 0 Å². The van der Waals surface area contributed by atoms with Gasteiger partial charge in [-0.05, 0) is 41.7 Å². The van der Waals surface area contributed by atoms with Crippen molar-refractivity contribution < 1.29 is 9.90 Å². The predicted octanol–water partition coefficient (Wildman–Crippen LogP) is 4.44. The fourth-order valence-corrected chi connectivity index (χ4v) is 2.89. The first-order valence-electron chi connectivity index (χ1n) is 7.22. The molecular weight excluding hydrogens is 248 g/mol. The third kappa shape index (κ3) is 2.01. The van der Waals surface area contributed by atoms with Crippen molar-refractivity contribution >= 4 is 17.4 Å². The van der Waals surface area contributed by atoms with Gasteiger partial charge in [0.15, 0.2) is 5.78 Å². The molecule has 2 aliphatic rings. The molecule has 0 bridgehead atoms. The summed E-state index contributed by atoms with van der Waals surface area (Å²) in [5, 5.41) is 10.2. The van der Waals surface area contributed by atoms with Gasteiger partial charge < -0.3 is 5.11 Å². The number of benzene rings is 1. The van der Waals surface area contributed by atoms with Gasteiger partial charge >= 0.3 is 0 Å². The number of aliphatic hydroxyl groups excluding tert-OH is 1. The van der Waals surface area contributed by atoms with Gasteiger partial charge in [0.25, 0.3) is 0 Å². The number of carbonyl (C=O) groups excluding carboxylic acids is 1. The third-order valence-electron chi connectivity index (χ3n) is 3.98. The van der Waals surface area contributed by atoms with Crippen molar-refractivity contribution in [3.63, 3.8) is 0 Å². The zero-order valence-corrected chi connectivity index (χ0v) is 11.6. The van der Waals surface area contributed by atoms with E-state index in [9.17, 15) is 9.90 Å². The molecule has 0 radical (unpaired) electrons. The Balaban J connectivity index is 1.96. The van der Waals surface area contributed by atoms with E-state index in [2.05, 4.69) is 6.92 Å². The molecule has 0 aliphatic heterocycles. The quantitative estimate of drug-likeness (QED) is 0.818. The molecular formula is C18H18O2. The van der Waals surface area contributed by atoms with Gasteiger partial charge in [0.05, 0.1) is 0 Å². The second-order valence-electron chi connectivity index (χ2n) is 5.35. The first-order valence-corrected chi connectivity index (χ1v) is 7.22. The Morgan fingerprint density at radius 2 is 1.85 bits per heavy atom. The van der Waals surface area contributed by atoms with Gasteiger partial charge in [-0.15, -0.1) is 0 Å². The second-order valence-corrected chi connectivity index (χ2v) is 5.35. The van der Waals surface area contributed by atoms with Crippen molar-refractivity contribution in [2.75, 3.05) is 0 Å². The minimum absolute atomic E-state index is 0.00713. The van der Waals surface area contributed by atoms with Crippen LogP contribution in [-0.2, 0) is 4.79 Å². The number of Topliss-reactive ketones (excluding diaryl/α,β-unsaturated/α-hetero) is 1. The molecule has 20 heavy (non-hydrogen) atoms. The molecule has 2 heteroatoms. The smallest absolute Gasteiger partial charge is 0.193 e. The maximum absolute atomic E-state index is 12.6. The summed E-state index contributed by atoms with van der Waals surface area (Å²) in [4.78, 5) is 12.6. The van der Waals surface area contributed by atoms with Gasteiger partial charge in [-0.25, -0.2) is 0 Å². The lowest BCUT2D eigenvalue weighted by molar-refractivity contribution is -0.112. The number of rotatable bonds is 4. The Labute approximate surface area is 119 Å². The first kappa shape index (κ1) is 12.9. The van der Waals surface area contributed by atoms with E-state index in [0.29, 0.717) is 12.0 Å². The topological polar surface area (TPSA) is 37.3 Å². The number of unbranched alkanes of at least 4 members (excludes halogenated alkanes) is 2. The summed E-state index contributed by atoms with van der Waals surface area (Å²) in [6.07, 6.45) is 7.49. The Morgan fingerprint density at radius 1 is 1.05 bits per heavy atom. The summed E-state index contributed by atoms with van der Waals surface area (Å²) in [5.41, 5.74) is 4.26. The van der Waals surface area contributed by atoms with Gasteiger partial charge in [-0.1, -0.05) is 44.0 Å². The monoisotopic (exact) mass is 266 g/mol. The largest absolute Gasteiger partial charge is 0.508 e. The van der Waals surface area contributed by atoms with Crippen LogP contribution in [0.5, 0.6) is 0 Å². The van der Waals surface area contributed by atoms with Crippen molar-refractivity contribution in [2.45, 2.75) is 32.6 Å². The number of hydrogen-bond acceptors (Lipinski definition) is 2. The van der Waals surface area contributed by atoms with Crippen LogP contribution in [0.1, 0.15) is 43.7 Å². The molecule has 1 aromatic rings. The molecule has 2 nitrogen and oxygen atoms in total. The molecule has 0 fully saturated rings. The van der Waals surface area contributed by atoms with Crippen LogP contribution in [0.4, 0.5) is 0 Å². The van der Waals surface area contributed by atoms with Gasteiger partial charge in [-0.2, -0.15) is 0 Å². The van der Waals surface area contributed by atoms with E-state index in [0.717, 1.165) is 41.5 Å². The average Bonchev–Trinajstić information content (AvgIpc) is 2.82. The number of hydrogen-bond donors (Lipinski definition) is 1. The lowest BCUT2D eigenvalue weighted by Crippen LogP contribution is -2.13. The van der Waals surface area contributed by atoms with E-state index in [1.807, 2.05) is 30.3 Å². The number of ketones is 1. The van der Waals surface area contributed by atoms with Crippen LogP contribution in [0.25, 0.3) is 11.6 Å². The van der Waals surface area contributed by atoms with Crippen molar-refractivity contribution in [1.29, 1.82) is 0 Å². The fraction of sp³-hybridized carbons (Fsp3) is 0.278. The molecule has 0 spiro atoms. The Hall–Kier alpha value is -2.09. The second kappa shape index (κ2) is 5.12. The van der Waals surface area contributed by atoms with Crippen LogP contribution in [0.15, 0.2) is 47.2 Å². The summed E-state index contributed by atoms with van der Waals surface area (Å²) in [7, 11) is 0. The average molecular weight is 266 g/mol. The molecule has 3 rings (SSSR count). The summed E-state index contributed by atoms with van der Waals surface area (Å²) < 4.78 is 0. The first-order chi connectivity index (χ1) is 9.72. The van der Waals surface area contributed by atoms with E-state index in [-0.39, 0.29) is 11.5 Å². The summed E-state index contributed by atoms with van der Waals surface area (Å²) in [6.45, 7) is 2.13. The minimum atomic E-state index is -0.00713. The third-order valence-corrected chi connectivity index (χ3v) is 3.98. The van der Waals surface area contributed by atoms with Gasteiger partial charge in [0, 0.05) is 11.1 Å². The normalized spacial score (nSPS) is 16.8. The Kier molecular flexibility index (Phi) is 3.31. The summed E-state index contributed by atoms with van der Waals surface area (Å²) in [5.74, 6) is 0.141.